The topological polar surface area (TPSA) is 101 Å². The molecule has 0 aliphatic rings. The fraction of sp³-hybridized carbons (Fsp3) is 0.182. The van der Waals surface area contributed by atoms with E-state index in [0.717, 1.165) is 5.56 Å². The number of thiazole rings is 1. The Morgan fingerprint density at radius 3 is 2.19 bits per heavy atom. The molecule has 32 heavy (non-hydrogen) atoms. The molecule has 0 N–H and O–H groups in total. The maximum absolute atomic E-state index is 12.8. The van der Waals surface area contributed by atoms with Gasteiger partial charge in [-0.3, -0.25) is 4.79 Å². The lowest BCUT2D eigenvalue weighted by atomic mass is 10.1. The molecular formula is C22H19N3O6S. The minimum Gasteiger partial charge on any atom is -0.493 e. The Hall–Kier alpha value is -3.92. The molecule has 2 aromatic heterocycles. The van der Waals surface area contributed by atoms with Crippen LogP contribution in [0, 0.1) is 0 Å². The zero-order chi connectivity index (χ0) is 22.8. The third-order valence-electron chi connectivity index (χ3n) is 4.73. The van der Waals surface area contributed by atoms with Gasteiger partial charge in [0.2, 0.25) is 10.7 Å². The van der Waals surface area contributed by atoms with Gasteiger partial charge in [-0.1, -0.05) is 23.5 Å². The van der Waals surface area contributed by atoms with Crippen LogP contribution in [-0.2, 0) is 4.74 Å². The number of ether oxygens (including phenoxy) is 4. The third kappa shape index (κ3) is 3.76. The zero-order valence-corrected chi connectivity index (χ0v) is 18.6. The molecule has 4 aromatic rings. The van der Waals surface area contributed by atoms with E-state index in [2.05, 4.69) is 10.1 Å². The maximum atomic E-state index is 12.8. The van der Waals surface area contributed by atoms with E-state index in [-0.39, 0.29) is 5.56 Å². The summed E-state index contributed by atoms with van der Waals surface area (Å²) in [5.41, 5.74) is 1.54. The van der Waals surface area contributed by atoms with Crippen LogP contribution < -0.4 is 24.3 Å². The van der Waals surface area contributed by atoms with Gasteiger partial charge in [0.1, 0.15) is 0 Å². The molecule has 2 aromatic carbocycles. The number of esters is 1. The van der Waals surface area contributed by atoms with E-state index in [0.29, 0.717) is 43.7 Å². The van der Waals surface area contributed by atoms with Gasteiger partial charge in [-0.05, 0) is 35.9 Å². The van der Waals surface area contributed by atoms with Crippen LogP contribution in [0.5, 0.6) is 17.2 Å². The van der Waals surface area contributed by atoms with E-state index in [9.17, 15) is 9.59 Å². The van der Waals surface area contributed by atoms with Crippen LogP contribution in [0.1, 0.15) is 15.9 Å². The molecule has 0 radical (unpaired) electrons. The highest BCUT2D eigenvalue weighted by Gasteiger charge is 2.18. The van der Waals surface area contributed by atoms with Crippen molar-refractivity contribution in [3.8, 4) is 28.6 Å². The fourth-order valence-electron chi connectivity index (χ4n) is 3.15. The number of carbonyl (C=O) groups is 1. The number of nitrogens with zero attached hydrogens (tertiary/aromatic N) is 3. The van der Waals surface area contributed by atoms with Gasteiger partial charge in [-0.25, -0.2) is 4.79 Å². The molecule has 0 unspecified atom stereocenters. The quantitative estimate of drug-likeness (QED) is 0.410. The lowest BCUT2D eigenvalue weighted by Gasteiger charge is -2.12. The SMILES string of the molecule is COC(=O)c1ccc(C=c2sc3nc(-c4cc(OC)c(OC)c(OC)c4)nn3c2=O)cc1. The van der Waals surface area contributed by atoms with Crippen LogP contribution in [-0.4, -0.2) is 49.0 Å². The van der Waals surface area contributed by atoms with Gasteiger partial charge >= 0.3 is 5.97 Å². The average Bonchev–Trinajstić information content (AvgIpc) is 3.37. The fourth-order valence-corrected chi connectivity index (χ4v) is 4.06. The van der Waals surface area contributed by atoms with Gasteiger partial charge in [-0.15, -0.1) is 5.10 Å². The summed E-state index contributed by atoms with van der Waals surface area (Å²) in [5.74, 6) is 1.33. The predicted octanol–water partition coefficient (Wildman–Crippen LogP) is 2.18. The Morgan fingerprint density at radius 2 is 1.66 bits per heavy atom. The molecule has 0 bridgehead atoms. The van der Waals surface area contributed by atoms with Crippen LogP contribution in [0.2, 0.25) is 0 Å². The molecule has 0 spiro atoms. The van der Waals surface area contributed by atoms with Crippen molar-refractivity contribution in [3.05, 3.63) is 62.4 Å². The number of hydrogen-bond acceptors (Lipinski definition) is 9. The van der Waals surface area contributed by atoms with Crippen LogP contribution in [0.15, 0.2) is 41.2 Å². The Balaban J connectivity index is 1.73. The number of rotatable bonds is 6. The van der Waals surface area contributed by atoms with Crippen molar-refractivity contribution >= 4 is 28.3 Å². The van der Waals surface area contributed by atoms with Gasteiger partial charge in [-0.2, -0.15) is 9.50 Å². The molecule has 2 heterocycles. The molecule has 10 heteroatoms. The molecule has 0 atom stereocenters. The second-order valence-electron chi connectivity index (χ2n) is 6.57. The van der Waals surface area contributed by atoms with Crippen LogP contribution in [0.4, 0.5) is 0 Å². The van der Waals surface area contributed by atoms with Gasteiger partial charge in [0.25, 0.3) is 5.56 Å². The first kappa shape index (κ1) is 21.3. The molecule has 0 amide bonds. The minimum atomic E-state index is -0.417. The lowest BCUT2D eigenvalue weighted by Crippen LogP contribution is -2.23. The van der Waals surface area contributed by atoms with Crippen molar-refractivity contribution in [1.29, 1.82) is 0 Å². The summed E-state index contributed by atoms with van der Waals surface area (Å²) >= 11 is 1.22. The second-order valence-corrected chi connectivity index (χ2v) is 7.58. The summed E-state index contributed by atoms with van der Waals surface area (Å²) < 4.78 is 22.5. The summed E-state index contributed by atoms with van der Waals surface area (Å²) in [6.45, 7) is 0. The first-order valence-corrected chi connectivity index (χ1v) is 10.2. The van der Waals surface area contributed by atoms with Crippen LogP contribution >= 0.6 is 11.3 Å². The molecule has 164 valence electrons. The summed E-state index contributed by atoms with van der Waals surface area (Å²) in [4.78, 5) is 29.4. The highest BCUT2D eigenvalue weighted by atomic mass is 32.1. The average molecular weight is 453 g/mol. The van der Waals surface area contributed by atoms with Gasteiger partial charge in [0.05, 0.1) is 38.5 Å². The number of methoxy groups -OCH3 is 4. The van der Waals surface area contributed by atoms with Crippen molar-refractivity contribution in [2.75, 3.05) is 28.4 Å². The first-order valence-electron chi connectivity index (χ1n) is 9.39. The van der Waals surface area contributed by atoms with Crippen molar-refractivity contribution in [2.24, 2.45) is 0 Å². The number of carbonyl (C=O) groups excluding carboxylic acids is 1. The van der Waals surface area contributed by atoms with Gasteiger partial charge < -0.3 is 18.9 Å². The monoisotopic (exact) mass is 453 g/mol. The van der Waals surface area contributed by atoms with E-state index in [1.807, 2.05) is 0 Å². The van der Waals surface area contributed by atoms with E-state index in [1.54, 1.807) is 42.5 Å². The second kappa shape index (κ2) is 8.67. The highest BCUT2D eigenvalue weighted by Crippen LogP contribution is 2.40. The van der Waals surface area contributed by atoms with E-state index < -0.39 is 5.97 Å². The molecule has 9 nitrogen and oxygen atoms in total. The molecule has 0 aliphatic heterocycles. The standard InChI is InChI=1S/C22H19N3O6S/c1-28-15-10-14(11-16(29-2)18(15)30-3)19-23-22-25(24-19)20(26)17(32-22)9-12-5-7-13(8-6-12)21(27)31-4/h5-11H,1-4H3. The molecule has 0 fully saturated rings. The number of aromatic nitrogens is 3. The van der Waals surface area contributed by atoms with Crippen LogP contribution in [0.25, 0.3) is 22.4 Å². The summed E-state index contributed by atoms with van der Waals surface area (Å²) in [6, 6.07) is 10.2. The maximum Gasteiger partial charge on any atom is 0.337 e. The van der Waals surface area contributed by atoms with E-state index in [1.165, 1.54) is 44.3 Å². The van der Waals surface area contributed by atoms with E-state index >= 15 is 0 Å². The minimum absolute atomic E-state index is 0.284. The molecule has 0 aliphatic carbocycles. The Labute approximate surface area is 186 Å². The Bertz CT molecular complexity index is 1380. The van der Waals surface area contributed by atoms with Crippen molar-refractivity contribution < 1.29 is 23.7 Å². The first-order chi connectivity index (χ1) is 15.5. The molecule has 0 saturated carbocycles. The van der Waals surface area contributed by atoms with E-state index in [4.69, 9.17) is 18.9 Å². The molecule has 4 rings (SSSR count). The van der Waals surface area contributed by atoms with Crippen molar-refractivity contribution in [2.45, 2.75) is 0 Å². The number of benzene rings is 2. The third-order valence-corrected chi connectivity index (χ3v) is 5.69. The highest BCUT2D eigenvalue weighted by molar-refractivity contribution is 7.15. The predicted molar refractivity (Wildman–Crippen MR) is 119 cm³/mol. The summed E-state index contributed by atoms with van der Waals surface area (Å²) in [6.07, 6.45) is 1.73. The van der Waals surface area contributed by atoms with Crippen LogP contribution in [0.3, 0.4) is 0 Å². The van der Waals surface area contributed by atoms with Gasteiger partial charge in [0, 0.05) is 5.56 Å². The normalized spacial score (nSPS) is 11.6. The lowest BCUT2D eigenvalue weighted by molar-refractivity contribution is 0.0600. The Morgan fingerprint density at radius 1 is 1.00 bits per heavy atom. The summed E-state index contributed by atoms with van der Waals surface area (Å²) in [7, 11) is 5.90. The largest absolute Gasteiger partial charge is 0.493 e. The van der Waals surface area contributed by atoms with Crippen molar-refractivity contribution in [1.82, 2.24) is 14.6 Å². The smallest absolute Gasteiger partial charge is 0.337 e. The number of fused-ring (bicyclic) bond motifs is 1. The number of hydrogen-bond donors (Lipinski definition) is 0. The molecular weight excluding hydrogens is 434 g/mol. The summed E-state index contributed by atoms with van der Waals surface area (Å²) in [5, 5.41) is 4.37. The Kier molecular flexibility index (Phi) is 5.78. The van der Waals surface area contributed by atoms with Gasteiger partial charge in [0.15, 0.2) is 17.3 Å². The zero-order valence-electron chi connectivity index (χ0n) is 17.7. The molecule has 0 saturated heterocycles. The van der Waals surface area contributed by atoms with Crippen molar-refractivity contribution in [3.63, 3.8) is 0 Å².